The van der Waals surface area contributed by atoms with Crippen LogP contribution in [0.25, 0.3) is 0 Å². The molecule has 2 aromatic rings. The predicted octanol–water partition coefficient (Wildman–Crippen LogP) is 3.06. The fourth-order valence-electron chi connectivity index (χ4n) is 1.78. The van der Waals surface area contributed by atoms with E-state index < -0.39 is 0 Å². The molecular formula is C14H16BrN3O2. The monoisotopic (exact) mass is 337 g/mol. The van der Waals surface area contributed by atoms with Gasteiger partial charge in [-0.25, -0.2) is 4.79 Å². The molecule has 0 amide bonds. The van der Waals surface area contributed by atoms with E-state index in [1.807, 2.05) is 36.1 Å². The predicted molar refractivity (Wildman–Crippen MR) is 80.7 cm³/mol. The lowest BCUT2D eigenvalue weighted by Gasteiger charge is -2.08. The molecule has 0 aliphatic heterocycles. The van der Waals surface area contributed by atoms with Crippen LogP contribution in [-0.4, -0.2) is 22.9 Å². The summed E-state index contributed by atoms with van der Waals surface area (Å²) in [5.41, 5.74) is 2.45. The molecule has 0 spiro atoms. The Morgan fingerprint density at radius 2 is 2.30 bits per heavy atom. The summed E-state index contributed by atoms with van der Waals surface area (Å²) in [5, 5.41) is 7.48. The molecule has 1 aromatic heterocycles. The number of rotatable bonds is 5. The molecule has 5 nitrogen and oxygen atoms in total. The van der Waals surface area contributed by atoms with Gasteiger partial charge in [-0.05, 0) is 41.1 Å². The minimum atomic E-state index is -0.362. The molecule has 0 radical (unpaired) electrons. The first-order chi connectivity index (χ1) is 9.63. The second kappa shape index (κ2) is 6.56. The molecule has 0 fully saturated rings. The van der Waals surface area contributed by atoms with Gasteiger partial charge in [0.05, 0.1) is 18.9 Å². The van der Waals surface area contributed by atoms with Crippen molar-refractivity contribution in [2.24, 2.45) is 0 Å². The summed E-state index contributed by atoms with van der Waals surface area (Å²) in [6, 6.07) is 5.49. The molecule has 106 valence electrons. The van der Waals surface area contributed by atoms with Crippen LogP contribution < -0.4 is 5.32 Å². The van der Waals surface area contributed by atoms with E-state index in [0.717, 1.165) is 17.8 Å². The third-order valence-electron chi connectivity index (χ3n) is 2.88. The van der Waals surface area contributed by atoms with E-state index in [9.17, 15) is 4.79 Å². The van der Waals surface area contributed by atoms with Crippen molar-refractivity contribution in [2.75, 3.05) is 12.4 Å². The number of aryl methyl sites for hydroxylation is 1. The summed E-state index contributed by atoms with van der Waals surface area (Å²) in [5.74, 6) is -0.362. The van der Waals surface area contributed by atoms with Crippen molar-refractivity contribution >= 4 is 27.6 Å². The number of aromatic nitrogens is 2. The van der Waals surface area contributed by atoms with Crippen LogP contribution in [0.4, 0.5) is 5.69 Å². The van der Waals surface area contributed by atoms with Crippen LogP contribution in [0.15, 0.2) is 35.1 Å². The highest BCUT2D eigenvalue weighted by Gasteiger charge is 2.11. The van der Waals surface area contributed by atoms with Crippen LogP contribution >= 0.6 is 15.9 Å². The third-order valence-corrected chi connectivity index (χ3v) is 3.57. The van der Waals surface area contributed by atoms with E-state index in [0.29, 0.717) is 16.6 Å². The SMILES string of the molecule is CCn1cc(CNc2ccc(Br)c(C(=O)OC)c2)cn1. The normalized spacial score (nSPS) is 10.3. The van der Waals surface area contributed by atoms with E-state index in [1.165, 1.54) is 7.11 Å². The van der Waals surface area contributed by atoms with Crippen molar-refractivity contribution in [3.05, 3.63) is 46.2 Å². The van der Waals surface area contributed by atoms with Crippen LogP contribution in [0.5, 0.6) is 0 Å². The van der Waals surface area contributed by atoms with Crippen LogP contribution in [0.3, 0.4) is 0 Å². The third kappa shape index (κ3) is 3.39. The molecule has 0 bridgehead atoms. The first kappa shape index (κ1) is 14.6. The van der Waals surface area contributed by atoms with Gasteiger partial charge in [0.2, 0.25) is 0 Å². The lowest BCUT2D eigenvalue weighted by Crippen LogP contribution is -2.04. The summed E-state index contributed by atoms with van der Waals surface area (Å²) in [4.78, 5) is 11.6. The molecule has 1 N–H and O–H groups in total. The van der Waals surface area contributed by atoms with Crippen molar-refractivity contribution in [1.82, 2.24) is 9.78 Å². The standard InChI is InChI=1S/C14H16BrN3O2/c1-3-18-9-10(8-17-18)7-16-11-4-5-13(15)12(6-11)14(19)20-2/h4-6,8-9,16H,3,7H2,1-2H3. The highest BCUT2D eigenvalue weighted by molar-refractivity contribution is 9.10. The Bertz CT molecular complexity index is 610. The Labute approximate surface area is 126 Å². The summed E-state index contributed by atoms with van der Waals surface area (Å²) >= 11 is 3.34. The number of anilines is 1. The van der Waals surface area contributed by atoms with E-state index in [1.54, 1.807) is 6.07 Å². The van der Waals surface area contributed by atoms with Crippen LogP contribution in [0.2, 0.25) is 0 Å². The average molecular weight is 338 g/mol. The zero-order chi connectivity index (χ0) is 14.5. The first-order valence-corrected chi connectivity index (χ1v) is 7.06. The Kier molecular flexibility index (Phi) is 4.79. The summed E-state index contributed by atoms with van der Waals surface area (Å²) in [6.07, 6.45) is 3.82. The van der Waals surface area contributed by atoms with Crippen molar-refractivity contribution in [1.29, 1.82) is 0 Å². The van der Waals surface area contributed by atoms with Gasteiger partial charge in [0, 0.05) is 35.0 Å². The van der Waals surface area contributed by atoms with E-state index in [4.69, 9.17) is 4.74 Å². The highest BCUT2D eigenvalue weighted by Crippen LogP contribution is 2.22. The van der Waals surface area contributed by atoms with E-state index in [-0.39, 0.29) is 5.97 Å². The zero-order valence-corrected chi connectivity index (χ0v) is 13.0. The Morgan fingerprint density at radius 3 is 2.95 bits per heavy atom. The summed E-state index contributed by atoms with van der Waals surface area (Å²) in [7, 11) is 1.37. The van der Waals surface area contributed by atoms with Crippen LogP contribution in [-0.2, 0) is 17.8 Å². The lowest BCUT2D eigenvalue weighted by atomic mass is 10.2. The molecule has 0 aliphatic rings. The number of esters is 1. The van der Waals surface area contributed by atoms with Gasteiger partial charge in [0.1, 0.15) is 0 Å². The van der Waals surface area contributed by atoms with Gasteiger partial charge in [-0.3, -0.25) is 4.68 Å². The second-order valence-corrected chi connectivity index (χ2v) is 5.10. The minimum Gasteiger partial charge on any atom is -0.465 e. The number of benzene rings is 1. The number of hydrogen-bond acceptors (Lipinski definition) is 4. The summed E-state index contributed by atoms with van der Waals surface area (Å²) in [6.45, 7) is 3.55. The Balaban J connectivity index is 2.08. The quantitative estimate of drug-likeness (QED) is 0.852. The molecule has 0 saturated heterocycles. The molecular weight excluding hydrogens is 322 g/mol. The van der Waals surface area contributed by atoms with E-state index in [2.05, 4.69) is 26.3 Å². The molecule has 0 saturated carbocycles. The van der Waals surface area contributed by atoms with Crippen LogP contribution in [0, 0.1) is 0 Å². The highest BCUT2D eigenvalue weighted by atomic mass is 79.9. The van der Waals surface area contributed by atoms with Gasteiger partial charge in [0.15, 0.2) is 0 Å². The molecule has 1 aromatic carbocycles. The number of hydrogen-bond donors (Lipinski definition) is 1. The molecule has 20 heavy (non-hydrogen) atoms. The van der Waals surface area contributed by atoms with Crippen molar-refractivity contribution < 1.29 is 9.53 Å². The Hall–Kier alpha value is -1.82. The number of nitrogens with one attached hydrogen (secondary N) is 1. The number of carbonyl (C=O) groups is 1. The van der Waals surface area contributed by atoms with E-state index >= 15 is 0 Å². The van der Waals surface area contributed by atoms with Gasteiger partial charge in [-0.15, -0.1) is 0 Å². The van der Waals surface area contributed by atoms with Gasteiger partial charge in [0.25, 0.3) is 0 Å². The second-order valence-electron chi connectivity index (χ2n) is 4.24. The molecule has 1 heterocycles. The lowest BCUT2D eigenvalue weighted by molar-refractivity contribution is 0.0600. The molecule has 2 rings (SSSR count). The number of carbonyl (C=O) groups excluding carboxylic acids is 1. The minimum absolute atomic E-state index is 0.362. The molecule has 6 heteroatoms. The number of methoxy groups -OCH3 is 1. The molecule has 0 atom stereocenters. The Morgan fingerprint density at radius 1 is 1.50 bits per heavy atom. The van der Waals surface area contributed by atoms with Crippen LogP contribution in [0.1, 0.15) is 22.8 Å². The summed E-state index contributed by atoms with van der Waals surface area (Å²) < 4.78 is 7.33. The molecule has 0 aliphatic carbocycles. The van der Waals surface area contributed by atoms with Gasteiger partial charge in [-0.1, -0.05) is 0 Å². The zero-order valence-electron chi connectivity index (χ0n) is 11.4. The largest absolute Gasteiger partial charge is 0.465 e. The van der Waals surface area contributed by atoms with Gasteiger partial charge >= 0.3 is 5.97 Å². The molecule has 0 unspecified atom stereocenters. The number of nitrogens with zero attached hydrogens (tertiary/aromatic N) is 2. The van der Waals surface area contributed by atoms with Gasteiger partial charge in [-0.2, -0.15) is 5.10 Å². The fraction of sp³-hybridized carbons (Fsp3) is 0.286. The van der Waals surface area contributed by atoms with Gasteiger partial charge < -0.3 is 10.1 Å². The van der Waals surface area contributed by atoms with Crippen molar-refractivity contribution in [3.8, 4) is 0 Å². The number of halogens is 1. The number of ether oxygens (including phenoxy) is 1. The van der Waals surface area contributed by atoms with Crippen molar-refractivity contribution in [2.45, 2.75) is 20.0 Å². The smallest absolute Gasteiger partial charge is 0.339 e. The maximum Gasteiger partial charge on any atom is 0.339 e. The first-order valence-electron chi connectivity index (χ1n) is 6.27. The average Bonchev–Trinajstić information content (AvgIpc) is 2.93. The maximum atomic E-state index is 11.6. The fourth-order valence-corrected chi connectivity index (χ4v) is 2.18. The van der Waals surface area contributed by atoms with Crippen molar-refractivity contribution in [3.63, 3.8) is 0 Å². The maximum absolute atomic E-state index is 11.6. The topological polar surface area (TPSA) is 56.2 Å².